The summed E-state index contributed by atoms with van der Waals surface area (Å²) in [5, 5.41) is 10.6. The maximum Gasteiger partial charge on any atom is 0.110 e. The molecule has 2 N–H and O–H groups in total. The zero-order valence-electron chi connectivity index (χ0n) is 12.1. The molecule has 1 fully saturated rings. The average molecular weight is 283 g/mol. The molecule has 1 aromatic carbocycles. The second-order valence-corrected chi connectivity index (χ2v) is 6.22. The zero-order valence-corrected chi connectivity index (χ0v) is 12.1. The van der Waals surface area contributed by atoms with Crippen molar-refractivity contribution >= 4 is 0 Å². The van der Waals surface area contributed by atoms with Gasteiger partial charge in [0.05, 0.1) is 6.10 Å². The third-order valence-electron chi connectivity index (χ3n) is 5.00. The number of hydrogen-bond acceptors (Lipinski definition) is 3. The highest BCUT2D eigenvalue weighted by Gasteiger charge is 2.37. The fourth-order valence-corrected chi connectivity index (χ4v) is 3.91. The molecule has 0 radical (unpaired) electrons. The first-order chi connectivity index (χ1) is 10.3. The molecular weight excluding hydrogens is 262 g/mol. The molecule has 0 spiro atoms. The van der Waals surface area contributed by atoms with Crippen LogP contribution in [0, 0.1) is 0 Å². The number of rotatable bonds is 2. The molecule has 4 heteroatoms. The molecule has 21 heavy (non-hydrogen) atoms. The molecule has 2 heterocycles. The first-order valence-corrected chi connectivity index (χ1v) is 7.82. The molecule has 4 rings (SSSR count). The predicted octanol–water partition coefficient (Wildman–Crippen LogP) is 2.25. The van der Waals surface area contributed by atoms with Crippen molar-refractivity contribution in [2.75, 3.05) is 13.1 Å². The number of aromatic nitrogens is 2. The van der Waals surface area contributed by atoms with Crippen molar-refractivity contribution in [1.29, 1.82) is 0 Å². The molecule has 1 saturated heterocycles. The molecule has 1 aromatic heterocycles. The summed E-state index contributed by atoms with van der Waals surface area (Å²) in [6.07, 6.45) is 6.69. The number of aliphatic hydroxyl groups excluding tert-OH is 1. The second kappa shape index (κ2) is 5.28. The standard InChI is InChI=1S/C17H21N3O/c21-16-14-6-2-1-4-12(14)10-15(16)20-9-3-5-13(11-20)17-18-7-8-19-17/h1-2,4,6-8,13,15-16,21H,3,5,9-11H2,(H,18,19). The van der Waals surface area contributed by atoms with Gasteiger partial charge in [-0.15, -0.1) is 0 Å². The first kappa shape index (κ1) is 13.0. The van der Waals surface area contributed by atoms with E-state index in [2.05, 4.69) is 33.1 Å². The van der Waals surface area contributed by atoms with Gasteiger partial charge in [0, 0.05) is 30.9 Å². The normalized spacial score (nSPS) is 29.5. The van der Waals surface area contributed by atoms with Gasteiger partial charge in [-0.1, -0.05) is 24.3 Å². The van der Waals surface area contributed by atoms with Gasteiger partial charge in [0.1, 0.15) is 5.82 Å². The third kappa shape index (κ3) is 2.28. The summed E-state index contributed by atoms with van der Waals surface area (Å²) in [6, 6.07) is 8.52. The Morgan fingerprint density at radius 2 is 2.19 bits per heavy atom. The number of hydrogen-bond donors (Lipinski definition) is 2. The van der Waals surface area contributed by atoms with Crippen LogP contribution < -0.4 is 0 Å². The molecule has 0 bridgehead atoms. The molecule has 110 valence electrons. The predicted molar refractivity (Wildman–Crippen MR) is 81.0 cm³/mol. The molecule has 2 aliphatic rings. The molecule has 0 saturated carbocycles. The van der Waals surface area contributed by atoms with E-state index >= 15 is 0 Å². The number of H-pyrrole nitrogens is 1. The Morgan fingerprint density at radius 3 is 3.00 bits per heavy atom. The van der Waals surface area contributed by atoms with Crippen LogP contribution in [0.5, 0.6) is 0 Å². The van der Waals surface area contributed by atoms with E-state index in [4.69, 9.17) is 0 Å². The molecule has 4 nitrogen and oxygen atoms in total. The van der Waals surface area contributed by atoms with E-state index in [0.717, 1.165) is 30.9 Å². The minimum atomic E-state index is -0.350. The van der Waals surface area contributed by atoms with E-state index in [0.29, 0.717) is 5.92 Å². The zero-order chi connectivity index (χ0) is 14.2. The lowest BCUT2D eigenvalue weighted by Gasteiger charge is -2.37. The highest BCUT2D eigenvalue weighted by atomic mass is 16.3. The van der Waals surface area contributed by atoms with E-state index in [1.54, 1.807) is 0 Å². The summed E-state index contributed by atoms with van der Waals surface area (Å²) in [4.78, 5) is 10.1. The van der Waals surface area contributed by atoms with Crippen molar-refractivity contribution in [2.45, 2.75) is 37.3 Å². The topological polar surface area (TPSA) is 52.1 Å². The van der Waals surface area contributed by atoms with Crippen LogP contribution in [-0.2, 0) is 6.42 Å². The van der Waals surface area contributed by atoms with Crippen LogP contribution in [0.15, 0.2) is 36.7 Å². The Kier molecular flexibility index (Phi) is 3.28. The quantitative estimate of drug-likeness (QED) is 0.889. The lowest BCUT2D eigenvalue weighted by atomic mass is 9.95. The SMILES string of the molecule is OC1c2ccccc2CC1N1CCCC(c2ncc[nH]2)C1. The number of aliphatic hydroxyl groups is 1. The number of nitrogens with zero attached hydrogens (tertiary/aromatic N) is 2. The minimum Gasteiger partial charge on any atom is -0.387 e. The van der Waals surface area contributed by atoms with E-state index < -0.39 is 0 Å². The number of benzene rings is 1. The molecule has 3 atom stereocenters. The van der Waals surface area contributed by atoms with Crippen molar-refractivity contribution in [3.63, 3.8) is 0 Å². The van der Waals surface area contributed by atoms with Gasteiger partial charge in [0.2, 0.25) is 0 Å². The van der Waals surface area contributed by atoms with Crippen LogP contribution in [0.4, 0.5) is 0 Å². The number of imidazole rings is 1. The Morgan fingerprint density at radius 1 is 1.29 bits per heavy atom. The number of piperidine rings is 1. The van der Waals surface area contributed by atoms with E-state index in [-0.39, 0.29) is 12.1 Å². The van der Waals surface area contributed by atoms with E-state index in [1.165, 1.54) is 18.4 Å². The van der Waals surface area contributed by atoms with Crippen LogP contribution in [0.2, 0.25) is 0 Å². The Balaban J connectivity index is 1.52. The highest BCUT2D eigenvalue weighted by molar-refractivity contribution is 5.36. The minimum absolute atomic E-state index is 0.222. The van der Waals surface area contributed by atoms with Crippen LogP contribution in [0.25, 0.3) is 0 Å². The molecule has 1 aliphatic heterocycles. The Hall–Kier alpha value is -1.65. The lowest BCUT2D eigenvalue weighted by molar-refractivity contribution is 0.0433. The second-order valence-electron chi connectivity index (χ2n) is 6.22. The number of fused-ring (bicyclic) bond motifs is 1. The van der Waals surface area contributed by atoms with Gasteiger partial charge in [-0.3, -0.25) is 4.90 Å². The van der Waals surface area contributed by atoms with E-state index in [1.807, 2.05) is 18.5 Å². The summed E-state index contributed by atoms with van der Waals surface area (Å²) in [5.41, 5.74) is 2.41. The summed E-state index contributed by atoms with van der Waals surface area (Å²) in [5.74, 6) is 1.55. The number of likely N-dealkylation sites (tertiary alicyclic amines) is 1. The molecular formula is C17H21N3O. The van der Waals surface area contributed by atoms with Gasteiger partial charge >= 0.3 is 0 Å². The first-order valence-electron chi connectivity index (χ1n) is 7.82. The summed E-state index contributed by atoms with van der Waals surface area (Å²) < 4.78 is 0. The van der Waals surface area contributed by atoms with E-state index in [9.17, 15) is 5.11 Å². The Bertz CT molecular complexity index is 610. The summed E-state index contributed by atoms with van der Waals surface area (Å²) >= 11 is 0. The highest BCUT2D eigenvalue weighted by Crippen LogP contribution is 2.37. The summed E-state index contributed by atoms with van der Waals surface area (Å²) in [7, 11) is 0. The molecule has 2 aromatic rings. The van der Waals surface area contributed by atoms with Gasteiger partial charge in [-0.25, -0.2) is 4.98 Å². The fourth-order valence-electron chi connectivity index (χ4n) is 3.91. The van der Waals surface area contributed by atoms with Crippen molar-refractivity contribution in [1.82, 2.24) is 14.9 Å². The number of nitrogens with one attached hydrogen (secondary N) is 1. The monoisotopic (exact) mass is 283 g/mol. The van der Waals surface area contributed by atoms with Crippen molar-refractivity contribution in [2.24, 2.45) is 0 Å². The molecule has 1 aliphatic carbocycles. The van der Waals surface area contributed by atoms with Crippen LogP contribution in [0.3, 0.4) is 0 Å². The maximum absolute atomic E-state index is 10.6. The Labute approximate surface area is 124 Å². The maximum atomic E-state index is 10.6. The average Bonchev–Trinajstić information content (AvgIpc) is 3.16. The largest absolute Gasteiger partial charge is 0.387 e. The smallest absolute Gasteiger partial charge is 0.110 e. The van der Waals surface area contributed by atoms with Crippen LogP contribution >= 0.6 is 0 Å². The third-order valence-corrected chi connectivity index (χ3v) is 5.00. The molecule has 3 unspecified atom stereocenters. The van der Waals surface area contributed by atoms with Crippen molar-refractivity contribution in [3.05, 3.63) is 53.6 Å². The van der Waals surface area contributed by atoms with Gasteiger partial charge in [0.15, 0.2) is 0 Å². The lowest BCUT2D eigenvalue weighted by Crippen LogP contribution is -2.44. The molecule has 0 amide bonds. The van der Waals surface area contributed by atoms with Gasteiger partial charge < -0.3 is 10.1 Å². The van der Waals surface area contributed by atoms with Crippen LogP contribution in [-0.4, -0.2) is 39.1 Å². The summed E-state index contributed by atoms with van der Waals surface area (Å²) in [6.45, 7) is 2.07. The van der Waals surface area contributed by atoms with Gasteiger partial charge in [0.25, 0.3) is 0 Å². The van der Waals surface area contributed by atoms with Crippen LogP contribution in [0.1, 0.15) is 41.8 Å². The van der Waals surface area contributed by atoms with Gasteiger partial charge in [-0.2, -0.15) is 0 Å². The number of aromatic amines is 1. The van der Waals surface area contributed by atoms with Crippen molar-refractivity contribution < 1.29 is 5.11 Å². The fraction of sp³-hybridized carbons (Fsp3) is 0.471. The van der Waals surface area contributed by atoms with Crippen molar-refractivity contribution in [3.8, 4) is 0 Å². The van der Waals surface area contributed by atoms with Gasteiger partial charge in [-0.05, 0) is 36.9 Å².